The zero-order valence-corrected chi connectivity index (χ0v) is 13.5. The third-order valence-corrected chi connectivity index (χ3v) is 3.85. The molecule has 122 valence electrons. The molecule has 2 aromatic rings. The van der Waals surface area contributed by atoms with Gasteiger partial charge in [0, 0.05) is 12.6 Å². The number of carboxylic acids is 1. The minimum absolute atomic E-state index is 0.124. The summed E-state index contributed by atoms with van der Waals surface area (Å²) in [6, 6.07) is 7.96. The lowest BCUT2D eigenvalue weighted by Crippen LogP contribution is -2.35. The van der Waals surface area contributed by atoms with E-state index < -0.39 is 11.5 Å². The highest BCUT2D eigenvalue weighted by atomic mass is 16.4. The Kier molecular flexibility index (Phi) is 4.83. The van der Waals surface area contributed by atoms with Crippen molar-refractivity contribution in [1.29, 1.82) is 0 Å². The number of hydrogen-bond donors (Lipinski definition) is 2. The van der Waals surface area contributed by atoms with E-state index in [-0.39, 0.29) is 5.91 Å². The van der Waals surface area contributed by atoms with Gasteiger partial charge in [-0.25, -0.2) is 4.79 Å². The normalized spacial score (nSPS) is 11.3. The third kappa shape index (κ3) is 3.97. The Bertz CT molecular complexity index is 719. The zero-order valence-electron chi connectivity index (χ0n) is 13.5. The molecule has 0 aliphatic rings. The van der Waals surface area contributed by atoms with Gasteiger partial charge in [-0.1, -0.05) is 24.3 Å². The minimum Gasteiger partial charge on any atom is -0.479 e. The molecule has 0 radical (unpaired) electrons. The van der Waals surface area contributed by atoms with Gasteiger partial charge >= 0.3 is 5.97 Å². The van der Waals surface area contributed by atoms with Gasteiger partial charge in [0.1, 0.15) is 0 Å². The van der Waals surface area contributed by atoms with E-state index in [0.717, 1.165) is 11.1 Å². The fraction of sp³-hybridized carbons (Fsp3) is 0.353. The average Bonchev–Trinajstić information content (AvgIpc) is 2.95. The molecule has 0 fully saturated rings. The molecule has 6 nitrogen and oxygen atoms in total. The number of aryl methyl sites for hydroxylation is 2. The number of nitrogens with one attached hydrogen (secondary N) is 1. The molecule has 1 aromatic heterocycles. The van der Waals surface area contributed by atoms with Crippen molar-refractivity contribution in [2.24, 2.45) is 0 Å². The van der Waals surface area contributed by atoms with E-state index in [4.69, 9.17) is 0 Å². The van der Waals surface area contributed by atoms with E-state index >= 15 is 0 Å². The summed E-state index contributed by atoms with van der Waals surface area (Å²) < 4.78 is 1.33. The fourth-order valence-corrected chi connectivity index (χ4v) is 2.15. The lowest BCUT2D eigenvalue weighted by atomic mass is 10.0. The molecule has 1 heterocycles. The molecule has 0 aliphatic carbocycles. The van der Waals surface area contributed by atoms with Crippen molar-refractivity contribution in [2.75, 3.05) is 5.32 Å². The van der Waals surface area contributed by atoms with Gasteiger partial charge in [0.05, 0.1) is 11.9 Å². The molecule has 23 heavy (non-hydrogen) atoms. The second-order valence-corrected chi connectivity index (χ2v) is 6.01. The monoisotopic (exact) mass is 315 g/mol. The minimum atomic E-state index is -1.16. The van der Waals surface area contributed by atoms with Gasteiger partial charge in [0.15, 0.2) is 5.54 Å². The molecule has 0 spiro atoms. The van der Waals surface area contributed by atoms with Crippen LogP contribution in [0.3, 0.4) is 0 Å². The van der Waals surface area contributed by atoms with E-state index in [1.807, 2.05) is 31.2 Å². The number of anilines is 1. The van der Waals surface area contributed by atoms with Crippen molar-refractivity contribution in [3.8, 4) is 0 Å². The van der Waals surface area contributed by atoms with Crippen LogP contribution in [0.1, 0.15) is 31.4 Å². The number of carboxylic acid groups (broad SMARTS) is 1. The van der Waals surface area contributed by atoms with Crippen molar-refractivity contribution in [3.05, 3.63) is 47.8 Å². The van der Waals surface area contributed by atoms with E-state index in [1.165, 1.54) is 17.1 Å². The van der Waals surface area contributed by atoms with Crippen molar-refractivity contribution >= 4 is 17.6 Å². The van der Waals surface area contributed by atoms with Crippen molar-refractivity contribution in [3.63, 3.8) is 0 Å². The summed E-state index contributed by atoms with van der Waals surface area (Å²) in [7, 11) is 0. The first-order valence-electron chi connectivity index (χ1n) is 7.43. The highest BCUT2D eigenvalue weighted by molar-refractivity contribution is 5.90. The van der Waals surface area contributed by atoms with E-state index in [9.17, 15) is 14.7 Å². The predicted octanol–water partition coefficient (Wildman–Crippen LogP) is 2.58. The molecule has 0 bridgehead atoms. The maximum Gasteiger partial charge on any atom is 0.331 e. The van der Waals surface area contributed by atoms with Gasteiger partial charge in [-0.15, -0.1) is 0 Å². The summed E-state index contributed by atoms with van der Waals surface area (Å²) in [6.45, 7) is 5.11. The molecule has 2 N–H and O–H groups in total. The molecule has 6 heteroatoms. The Morgan fingerprint density at radius 3 is 2.65 bits per heavy atom. The second kappa shape index (κ2) is 6.64. The Labute approximate surface area is 135 Å². The molecule has 0 atom stereocenters. The second-order valence-electron chi connectivity index (χ2n) is 6.01. The predicted molar refractivity (Wildman–Crippen MR) is 87.3 cm³/mol. The molecule has 0 aliphatic heterocycles. The van der Waals surface area contributed by atoms with Crippen molar-refractivity contribution < 1.29 is 14.7 Å². The maximum absolute atomic E-state index is 12.0. The van der Waals surface area contributed by atoms with Crippen LogP contribution in [0.2, 0.25) is 0 Å². The number of aliphatic carboxylic acids is 1. The van der Waals surface area contributed by atoms with Gasteiger partial charge in [-0.3, -0.25) is 9.48 Å². The van der Waals surface area contributed by atoms with Gasteiger partial charge in [-0.05, 0) is 38.3 Å². The fourth-order valence-electron chi connectivity index (χ4n) is 2.15. The number of carbonyl (C=O) groups excluding carboxylic acids is 1. The number of benzene rings is 1. The first kappa shape index (κ1) is 16.7. The molecule has 2 rings (SSSR count). The third-order valence-electron chi connectivity index (χ3n) is 3.85. The Morgan fingerprint density at radius 1 is 1.30 bits per heavy atom. The molecule has 0 saturated carbocycles. The van der Waals surface area contributed by atoms with Crippen LogP contribution in [0, 0.1) is 6.92 Å². The molecule has 1 amide bonds. The number of amides is 1. The Hall–Kier alpha value is -2.63. The van der Waals surface area contributed by atoms with Gasteiger partial charge in [0.2, 0.25) is 5.91 Å². The zero-order chi connectivity index (χ0) is 17.0. The van der Waals surface area contributed by atoms with Gasteiger partial charge < -0.3 is 10.4 Å². The molecule has 1 aromatic carbocycles. The van der Waals surface area contributed by atoms with Crippen LogP contribution < -0.4 is 5.32 Å². The van der Waals surface area contributed by atoms with Crippen LogP contribution in [0.25, 0.3) is 0 Å². The van der Waals surface area contributed by atoms with E-state index in [2.05, 4.69) is 10.4 Å². The summed E-state index contributed by atoms with van der Waals surface area (Å²) in [4.78, 5) is 23.2. The van der Waals surface area contributed by atoms with Crippen LogP contribution >= 0.6 is 0 Å². The van der Waals surface area contributed by atoms with E-state index in [1.54, 1.807) is 13.8 Å². The lowest BCUT2D eigenvalue weighted by molar-refractivity contribution is -0.146. The number of nitrogens with zero attached hydrogens (tertiary/aromatic N) is 2. The summed E-state index contributed by atoms with van der Waals surface area (Å²) >= 11 is 0. The first-order valence-corrected chi connectivity index (χ1v) is 7.43. The van der Waals surface area contributed by atoms with Gasteiger partial charge in [0.25, 0.3) is 0 Å². The molecule has 0 unspecified atom stereocenters. The SMILES string of the molecule is Cc1ccccc1CCC(=O)Nc1cnn(C(C)(C)C(=O)O)c1. The van der Waals surface area contributed by atoms with Crippen molar-refractivity contribution in [2.45, 2.75) is 39.2 Å². The van der Waals surface area contributed by atoms with Crippen LogP contribution in [0.15, 0.2) is 36.7 Å². The highest BCUT2D eigenvalue weighted by Crippen LogP contribution is 2.17. The number of rotatable bonds is 6. The molecular weight excluding hydrogens is 294 g/mol. The van der Waals surface area contributed by atoms with Crippen LogP contribution in [0.5, 0.6) is 0 Å². The number of carbonyl (C=O) groups is 2. The van der Waals surface area contributed by atoms with Gasteiger partial charge in [-0.2, -0.15) is 5.10 Å². The summed E-state index contributed by atoms with van der Waals surface area (Å²) in [5, 5.41) is 15.9. The molecule has 0 saturated heterocycles. The summed E-state index contributed by atoms with van der Waals surface area (Å²) in [6.07, 6.45) is 4.00. The van der Waals surface area contributed by atoms with Crippen LogP contribution in [-0.4, -0.2) is 26.8 Å². The van der Waals surface area contributed by atoms with E-state index in [0.29, 0.717) is 18.5 Å². The van der Waals surface area contributed by atoms with Crippen LogP contribution in [0.4, 0.5) is 5.69 Å². The summed E-state index contributed by atoms with van der Waals surface area (Å²) in [5.41, 5.74) is 1.64. The summed E-state index contributed by atoms with van der Waals surface area (Å²) in [5.74, 6) is -1.11. The topological polar surface area (TPSA) is 84.2 Å². The smallest absolute Gasteiger partial charge is 0.331 e. The lowest BCUT2D eigenvalue weighted by Gasteiger charge is -2.19. The van der Waals surface area contributed by atoms with Crippen LogP contribution in [-0.2, 0) is 21.5 Å². The number of hydrogen-bond acceptors (Lipinski definition) is 3. The Balaban J connectivity index is 1.95. The highest BCUT2D eigenvalue weighted by Gasteiger charge is 2.30. The quantitative estimate of drug-likeness (QED) is 0.858. The van der Waals surface area contributed by atoms with Crippen molar-refractivity contribution in [1.82, 2.24) is 9.78 Å². The first-order chi connectivity index (χ1) is 10.8. The molecular formula is C17H21N3O3. The maximum atomic E-state index is 12.0. The Morgan fingerprint density at radius 2 is 2.00 bits per heavy atom. The number of aromatic nitrogens is 2. The average molecular weight is 315 g/mol. The largest absolute Gasteiger partial charge is 0.479 e. The standard InChI is InChI=1S/C17H21N3O3/c1-12-6-4-5-7-13(12)8-9-15(21)19-14-10-18-20(11-14)17(2,3)16(22)23/h4-7,10-11H,8-9H2,1-3H3,(H,19,21)(H,22,23).